The quantitative estimate of drug-likeness (QED) is 0.466. The van der Waals surface area contributed by atoms with Gasteiger partial charge in [-0.15, -0.1) is 11.6 Å². The van der Waals surface area contributed by atoms with E-state index in [4.69, 9.17) is 21.1 Å². The number of hydrogen-bond donors (Lipinski definition) is 0. The number of ketones is 1. The summed E-state index contributed by atoms with van der Waals surface area (Å²) in [7, 11) is 0. The zero-order chi connectivity index (χ0) is 19.3. The second kappa shape index (κ2) is 7.01. The molecule has 1 atom stereocenters. The van der Waals surface area contributed by atoms with Gasteiger partial charge in [-0.25, -0.2) is 0 Å². The van der Waals surface area contributed by atoms with Crippen molar-refractivity contribution in [3.63, 3.8) is 0 Å². The highest BCUT2D eigenvalue weighted by atomic mass is 35.5. The average Bonchev–Trinajstić information content (AvgIpc) is 2.85. The standard InChI is InChI=1S/C23H27ClO3/c1-12(2)26-18-10-16-14-8-6-5-7-9-15(14)20-21(23(25)22(20)24)17(16)11-19(18)27-13(3)4/h10-13,22H,5-9H2,1-4H3. The molecule has 0 heterocycles. The van der Waals surface area contributed by atoms with Crippen LogP contribution in [0.25, 0.3) is 10.8 Å². The van der Waals surface area contributed by atoms with Crippen LogP contribution < -0.4 is 9.47 Å². The Kier molecular flexibility index (Phi) is 4.84. The minimum absolute atomic E-state index is 0.0279. The predicted octanol–water partition coefficient (Wildman–Crippen LogP) is 6.16. The molecule has 2 aliphatic rings. The van der Waals surface area contributed by atoms with Crippen molar-refractivity contribution in [1.82, 2.24) is 0 Å². The molecule has 0 amide bonds. The van der Waals surface area contributed by atoms with E-state index in [1.165, 1.54) is 24.0 Å². The first-order chi connectivity index (χ1) is 12.9. The number of carbonyl (C=O) groups excluding carboxylic acids is 1. The molecule has 3 nitrogen and oxygen atoms in total. The van der Waals surface area contributed by atoms with E-state index in [1.807, 2.05) is 33.8 Å². The van der Waals surface area contributed by atoms with Crippen molar-refractivity contribution in [2.24, 2.45) is 0 Å². The van der Waals surface area contributed by atoms with Gasteiger partial charge in [-0.05, 0) is 93.0 Å². The van der Waals surface area contributed by atoms with Gasteiger partial charge >= 0.3 is 0 Å². The lowest BCUT2D eigenvalue weighted by Gasteiger charge is -2.31. The van der Waals surface area contributed by atoms with Crippen LogP contribution in [0.15, 0.2) is 12.1 Å². The summed E-state index contributed by atoms with van der Waals surface area (Å²) >= 11 is 6.44. The van der Waals surface area contributed by atoms with E-state index in [0.29, 0.717) is 5.75 Å². The maximum absolute atomic E-state index is 12.6. The lowest BCUT2D eigenvalue weighted by atomic mass is 9.75. The van der Waals surface area contributed by atoms with Gasteiger partial charge in [0.05, 0.1) is 12.2 Å². The average molecular weight is 387 g/mol. The van der Waals surface area contributed by atoms with E-state index in [9.17, 15) is 4.79 Å². The van der Waals surface area contributed by atoms with Crippen LogP contribution in [0.3, 0.4) is 0 Å². The Balaban J connectivity index is 2.01. The first kappa shape index (κ1) is 18.6. The Bertz CT molecular complexity index is 914. The van der Waals surface area contributed by atoms with E-state index in [0.717, 1.165) is 46.9 Å². The third-order valence-electron chi connectivity index (χ3n) is 5.45. The zero-order valence-corrected chi connectivity index (χ0v) is 17.3. The number of alkyl halides is 1. The predicted molar refractivity (Wildman–Crippen MR) is 110 cm³/mol. The summed E-state index contributed by atoms with van der Waals surface area (Å²) in [5.41, 5.74) is 4.53. The summed E-state index contributed by atoms with van der Waals surface area (Å²) in [6.07, 6.45) is 5.67. The second-order valence-corrected chi connectivity index (χ2v) is 8.65. The fourth-order valence-electron chi connectivity index (χ4n) is 4.41. The van der Waals surface area contributed by atoms with Crippen molar-refractivity contribution in [3.8, 4) is 11.5 Å². The monoisotopic (exact) mass is 386 g/mol. The lowest BCUT2D eigenvalue weighted by Crippen LogP contribution is -2.26. The van der Waals surface area contributed by atoms with E-state index in [1.54, 1.807) is 0 Å². The maximum Gasteiger partial charge on any atom is 0.186 e. The van der Waals surface area contributed by atoms with Gasteiger partial charge in [0.1, 0.15) is 5.38 Å². The molecule has 0 radical (unpaired) electrons. The third-order valence-corrected chi connectivity index (χ3v) is 5.86. The van der Waals surface area contributed by atoms with Crippen LogP contribution in [0.2, 0.25) is 0 Å². The molecule has 0 aromatic heterocycles. The van der Waals surface area contributed by atoms with Crippen LogP contribution in [0.4, 0.5) is 0 Å². The second-order valence-electron chi connectivity index (χ2n) is 8.21. The normalized spacial score (nSPS) is 18.9. The molecule has 0 spiro atoms. The largest absolute Gasteiger partial charge is 0.487 e. The first-order valence-corrected chi connectivity index (χ1v) is 10.5. The molecule has 0 fully saturated rings. The van der Waals surface area contributed by atoms with Gasteiger partial charge in [-0.3, -0.25) is 4.79 Å². The molecule has 0 N–H and O–H groups in total. The molecular weight excluding hydrogens is 360 g/mol. The van der Waals surface area contributed by atoms with Crippen molar-refractivity contribution in [1.29, 1.82) is 0 Å². The summed E-state index contributed by atoms with van der Waals surface area (Å²) in [5.74, 6) is 1.50. The molecule has 27 heavy (non-hydrogen) atoms. The smallest absolute Gasteiger partial charge is 0.186 e. The topological polar surface area (TPSA) is 35.5 Å². The van der Waals surface area contributed by atoms with Crippen LogP contribution in [0.5, 0.6) is 11.5 Å². The molecule has 144 valence electrons. The highest BCUT2D eigenvalue weighted by molar-refractivity contribution is 6.41. The van der Waals surface area contributed by atoms with E-state index < -0.39 is 5.38 Å². The van der Waals surface area contributed by atoms with Crippen LogP contribution in [0, 0.1) is 0 Å². The van der Waals surface area contributed by atoms with E-state index >= 15 is 0 Å². The SMILES string of the molecule is CC(C)Oc1cc2c3c(c4c(c2cc1OC(C)C)C(=O)C4Cl)CCCCC3. The third kappa shape index (κ3) is 3.10. The van der Waals surface area contributed by atoms with E-state index in [2.05, 4.69) is 6.07 Å². The molecule has 0 aliphatic heterocycles. The number of halogens is 1. The zero-order valence-electron chi connectivity index (χ0n) is 16.5. The van der Waals surface area contributed by atoms with E-state index in [-0.39, 0.29) is 18.0 Å². The number of ether oxygens (including phenoxy) is 2. The maximum atomic E-state index is 12.6. The molecule has 0 saturated carbocycles. The molecule has 4 heteroatoms. The fraction of sp³-hybridized carbons (Fsp3) is 0.522. The van der Waals surface area contributed by atoms with Crippen LogP contribution in [-0.4, -0.2) is 18.0 Å². The fourth-order valence-corrected chi connectivity index (χ4v) is 4.76. The number of aryl methyl sites for hydroxylation is 1. The number of hydrogen-bond acceptors (Lipinski definition) is 3. The summed E-state index contributed by atoms with van der Waals surface area (Å²) in [6, 6.07) is 4.09. The highest BCUT2D eigenvalue weighted by Crippen LogP contribution is 2.50. The number of benzene rings is 2. The van der Waals surface area contributed by atoms with Gasteiger partial charge in [0, 0.05) is 5.56 Å². The summed E-state index contributed by atoms with van der Waals surface area (Å²) < 4.78 is 12.1. The van der Waals surface area contributed by atoms with Gasteiger partial charge in [0.2, 0.25) is 0 Å². The van der Waals surface area contributed by atoms with Gasteiger partial charge < -0.3 is 9.47 Å². The Labute approximate surface area is 166 Å². The Morgan fingerprint density at radius 2 is 1.44 bits per heavy atom. The van der Waals surface area contributed by atoms with Crippen molar-refractivity contribution in [3.05, 3.63) is 34.4 Å². The molecule has 2 aliphatic carbocycles. The molecule has 2 aromatic carbocycles. The Morgan fingerprint density at radius 3 is 2.04 bits per heavy atom. The van der Waals surface area contributed by atoms with Crippen molar-refractivity contribution < 1.29 is 14.3 Å². The molecule has 0 saturated heterocycles. The van der Waals surface area contributed by atoms with Crippen molar-refractivity contribution in [2.75, 3.05) is 0 Å². The van der Waals surface area contributed by atoms with Crippen LogP contribution in [0.1, 0.15) is 79.4 Å². The van der Waals surface area contributed by atoms with Crippen LogP contribution in [-0.2, 0) is 12.8 Å². The number of carbonyl (C=O) groups is 1. The number of Topliss-reactive ketones (excluding diaryl/α,β-unsaturated/α-hetero) is 1. The molecule has 2 aromatic rings. The highest BCUT2D eigenvalue weighted by Gasteiger charge is 2.40. The lowest BCUT2D eigenvalue weighted by molar-refractivity contribution is 0.0962. The van der Waals surface area contributed by atoms with Gasteiger partial charge in [-0.1, -0.05) is 6.42 Å². The summed E-state index contributed by atoms with van der Waals surface area (Å²) in [6.45, 7) is 8.03. The number of fused-ring (bicyclic) bond motifs is 6. The molecule has 1 unspecified atom stereocenters. The minimum Gasteiger partial charge on any atom is -0.487 e. The Morgan fingerprint density at radius 1 is 0.889 bits per heavy atom. The molecule has 0 bridgehead atoms. The van der Waals surface area contributed by atoms with Gasteiger partial charge in [0.25, 0.3) is 0 Å². The van der Waals surface area contributed by atoms with Gasteiger partial charge in [-0.2, -0.15) is 0 Å². The number of rotatable bonds is 4. The van der Waals surface area contributed by atoms with Crippen molar-refractivity contribution in [2.45, 2.75) is 77.4 Å². The van der Waals surface area contributed by atoms with Crippen molar-refractivity contribution >= 4 is 28.2 Å². The molecule has 4 rings (SSSR count). The first-order valence-electron chi connectivity index (χ1n) is 10.1. The summed E-state index contributed by atoms with van der Waals surface area (Å²) in [5, 5.41) is 1.62. The van der Waals surface area contributed by atoms with Crippen LogP contribution >= 0.6 is 11.6 Å². The minimum atomic E-state index is -0.489. The Hall–Kier alpha value is -1.74. The summed E-state index contributed by atoms with van der Waals surface area (Å²) in [4.78, 5) is 12.6. The van der Waals surface area contributed by atoms with Gasteiger partial charge in [0.15, 0.2) is 17.3 Å². The molecular formula is C23H27ClO3.